The number of esters is 1. The van der Waals surface area contributed by atoms with Gasteiger partial charge in [-0.05, 0) is 19.8 Å². The van der Waals surface area contributed by atoms with Crippen molar-refractivity contribution in [3.05, 3.63) is 12.2 Å². The van der Waals surface area contributed by atoms with E-state index in [-0.39, 0.29) is 25.2 Å². The molecule has 0 aliphatic heterocycles. The monoisotopic (exact) mass is 228 g/mol. The number of hydrogen-bond acceptors (Lipinski definition) is 4. The van der Waals surface area contributed by atoms with Gasteiger partial charge in [-0.15, -0.1) is 0 Å². The molecule has 1 rings (SSSR count). The third-order valence-electron chi connectivity index (χ3n) is 3.66. The molecular weight excluding hydrogens is 208 g/mol. The highest BCUT2D eigenvalue weighted by molar-refractivity contribution is 5.86. The Morgan fingerprint density at radius 1 is 1.44 bits per heavy atom. The van der Waals surface area contributed by atoms with E-state index in [0.29, 0.717) is 5.57 Å². The highest BCUT2D eigenvalue weighted by Gasteiger charge is 2.57. The molecule has 0 amide bonds. The van der Waals surface area contributed by atoms with Gasteiger partial charge in [-0.25, -0.2) is 4.79 Å². The maximum absolute atomic E-state index is 11.3. The van der Waals surface area contributed by atoms with Gasteiger partial charge in [0.15, 0.2) is 0 Å². The van der Waals surface area contributed by atoms with Crippen LogP contribution in [-0.4, -0.2) is 36.0 Å². The van der Waals surface area contributed by atoms with Crippen LogP contribution in [0.15, 0.2) is 12.2 Å². The fourth-order valence-electron chi connectivity index (χ4n) is 1.79. The van der Waals surface area contributed by atoms with Gasteiger partial charge in [0.1, 0.15) is 0 Å². The first-order chi connectivity index (χ1) is 7.41. The number of aliphatic hydroxyl groups is 2. The third kappa shape index (κ3) is 2.28. The van der Waals surface area contributed by atoms with E-state index in [9.17, 15) is 15.0 Å². The lowest BCUT2D eigenvalue weighted by Crippen LogP contribution is -2.39. The average molecular weight is 228 g/mol. The summed E-state index contributed by atoms with van der Waals surface area (Å²) >= 11 is 0. The Kier molecular flexibility index (Phi) is 3.76. The largest absolute Gasteiger partial charge is 0.462 e. The van der Waals surface area contributed by atoms with Crippen LogP contribution < -0.4 is 0 Å². The van der Waals surface area contributed by atoms with E-state index in [1.165, 1.54) is 0 Å². The van der Waals surface area contributed by atoms with E-state index in [4.69, 9.17) is 4.74 Å². The van der Waals surface area contributed by atoms with E-state index in [1.54, 1.807) is 6.92 Å². The molecule has 0 spiro atoms. The minimum absolute atomic E-state index is 0.103. The molecule has 16 heavy (non-hydrogen) atoms. The van der Waals surface area contributed by atoms with Gasteiger partial charge in [0, 0.05) is 16.4 Å². The molecule has 0 atom stereocenters. The summed E-state index contributed by atoms with van der Waals surface area (Å²) in [4.78, 5) is 11.3. The lowest BCUT2D eigenvalue weighted by Gasteiger charge is -2.34. The summed E-state index contributed by atoms with van der Waals surface area (Å²) in [5.74, 6) is -0.412. The molecule has 0 aromatic heterocycles. The summed E-state index contributed by atoms with van der Waals surface area (Å²) in [7, 11) is 0. The Bertz CT molecular complexity index is 287. The first-order valence-electron chi connectivity index (χ1n) is 5.45. The first kappa shape index (κ1) is 13.2. The molecule has 4 heteroatoms. The second kappa shape index (κ2) is 4.55. The molecule has 0 radical (unpaired) electrons. The van der Waals surface area contributed by atoms with Crippen molar-refractivity contribution < 1.29 is 19.7 Å². The average Bonchev–Trinajstić information content (AvgIpc) is 3.06. The summed E-state index contributed by atoms with van der Waals surface area (Å²) < 4.78 is 5.12. The molecule has 1 aliphatic carbocycles. The van der Waals surface area contributed by atoms with E-state index in [1.807, 2.05) is 6.92 Å². The van der Waals surface area contributed by atoms with Crippen LogP contribution in [0.4, 0.5) is 0 Å². The Morgan fingerprint density at radius 2 is 1.94 bits per heavy atom. The number of carbonyl (C=O) groups is 1. The van der Waals surface area contributed by atoms with Crippen LogP contribution in [-0.2, 0) is 9.53 Å². The topological polar surface area (TPSA) is 66.8 Å². The smallest absolute Gasteiger partial charge is 0.333 e. The number of aliphatic hydroxyl groups excluding tert-OH is 2. The van der Waals surface area contributed by atoms with Crippen LogP contribution in [0.3, 0.4) is 0 Å². The molecule has 0 aromatic rings. The van der Waals surface area contributed by atoms with Crippen molar-refractivity contribution in [2.24, 2.45) is 10.8 Å². The van der Waals surface area contributed by atoms with Crippen molar-refractivity contribution in [2.75, 3.05) is 19.8 Å². The predicted octanol–water partition coefficient (Wildman–Crippen LogP) is 0.877. The van der Waals surface area contributed by atoms with Gasteiger partial charge >= 0.3 is 5.97 Å². The zero-order valence-corrected chi connectivity index (χ0v) is 9.95. The summed E-state index contributed by atoms with van der Waals surface area (Å²) in [6.07, 6.45) is 1.74. The zero-order chi connectivity index (χ0) is 12.4. The minimum Gasteiger partial charge on any atom is -0.462 e. The first-order valence-corrected chi connectivity index (χ1v) is 5.45. The molecule has 1 fully saturated rings. The van der Waals surface area contributed by atoms with E-state index in [0.717, 1.165) is 12.8 Å². The molecule has 1 saturated carbocycles. The van der Waals surface area contributed by atoms with Crippen molar-refractivity contribution in [2.45, 2.75) is 26.7 Å². The zero-order valence-electron chi connectivity index (χ0n) is 9.95. The maximum atomic E-state index is 11.3. The fraction of sp³-hybridized carbons (Fsp3) is 0.750. The van der Waals surface area contributed by atoms with Crippen molar-refractivity contribution in [3.8, 4) is 0 Å². The molecule has 0 heterocycles. The van der Waals surface area contributed by atoms with Crippen molar-refractivity contribution in [1.29, 1.82) is 0 Å². The summed E-state index contributed by atoms with van der Waals surface area (Å²) in [5.41, 5.74) is -0.477. The SMILES string of the molecule is C=C(C)C(=O)OCC1(C(C)(CO)CO)CC1. The van der Waals surface area contributed by atoms with Gasteiger partial charge in [0.25, 0.3) is 0 Å². The molecule has 0 saturated heterocycles. The van der Waals surface area contributed by atoms with Crippen LogP contribution in [0.25, 0.3) is 0 Å². The Morgan fingerprint density at radius 3 is 2.25 bits per heavy atom. The van der Waals surface area contributed by atoms with Crippen LogP contribution >= 0.6 is 0 Å². The summed E-state index contributed by atoms with van der Waals surface area (Å²) in [5, 5.41) is 18.6. The van der Waals surface area contributed by atoms with Gasteiger partial charge < -0.3 is 14.9 Å². The Labute approximate surface area is 95.9 Å². The van der Waals surface area contributed by atoms with E-state index in [2.05, 4.69) is 6.58 Å². The molecule has 1 aliphatic rings. The standard InChI is InChI=1S/C12H20O4/c1-9(2)10(15)16-8-12(4-5-12)11(3,6-13)7-14/h13-14H,1,4-8H2,2-3H3. The lowest BCUT2D eigenvalue weighted by atomic mass is 9.76. The van der Waals surface area contributed by atoms with Crippen LogP contribution in [0.2, 0.25) is 0 Å². The summed E-state index contributed by atoms with van der Waals surface area (Å²) in [6, 6.07) is 0. The molecule has 0 bridgehead atoms. The molecule has 0 unspecified atom stereocenters. The minimum atomic E-state index is -0.581. The highest BCUT2D eigenvalue weighted by Crippen LogP contribution is 2.58. The molecule has 0 aromatic carbocycles. The van der Waals surface area contributed by atoms with Crippen molar-refractivity contribution in [1.82, 2.24) is 0 Å². The predicted molar refractivity (Wildman–Crippen MR) is 59.7 cm³/mol. The van der Waals surface area contributed by atoms with Crippen molar-refractivity contribution >= 4 is 5.97 Å². The molecule has 92 valence electrons. The van der Waals surface area contributed by atoms with Crippen LogP contribution in [0.1, 0.15) is 26.7 Å². The Hall–Kier alpha value is -0.870. The molecular formula is C12H20O4. The normalized spacial score (nSPS) is 18.0. The van der Waals surface area contributed by atoms with E-state index < -0.39 is 11.4 Å². The number of rotatable bonds is 6. The second-order valence-electron chi connectivity index (χ2n) is 5.01. The molecule has 2 N–H and O–H groups in total. The Balaban J connectivity index is 2.59. The summed E-state index contributed by atoms with van der Waals surface area (Å²) in [6.45, 7) is 6.96. The van der Waals surface area contributed by atoms with Crippen LogP contribution in [0.5, 0.6) is 0 Å². The number of carbonyl (C=O) groups excluding carboxylic acids is 1. The van der Waals surface area contributed by atoms with Gasteiger partial charge in [-0.1, -0.05) is 13.5 Å². The third-order valence-corrected chi connectivity index (χ3v) is 3.66. The molecule has 4 nitrogen and oxygen atoms in total. The van der Waals surface area contributed by atoms with Gasteiger partial charge in [0.2, 0.25) is 0 Å². The van der Waals surface area contributed by atoms with Gasteiger partial charge in [0.05, 0.1) is 19.8 Å². The number of ether oxygens (including phenoxy) is 1. The highest BCUT2D eigenvalue weighted by atomic mass is 16.5. The van der Waals surface area contributed by atoms with Gasteiger partial charge in [-0.2, -0.15) is 0 Å². The quantitative estimate of drug-likeness (QED) is 0.523. The lowest BCUT2D eigenvalue weighted by molar-refractivity contribution is -0.144. The van der Waals surface area contributed by atoms with Gasteiger partial charge in [-0.3, -0.25) is 0 Å². The van der Waals surface area contributed by atoms with E-state index >= 15 is 0 Å². The second-order valence-corrected chi connectivity index (χ2v) is 5.01. The number of hydrogen-bond donors (Lipinski definition) is 2. The fourth-order valence-corrected chi connectivity index (χ4v) is 1.79. The van der Waals surface area contributed by atoms with Crippen molar-refractivity contribution in [3.63, 3.8) is 0 Å². The van der Waals surface area contributed by atoms with Crippen LogP contribution in [0, 0.1) is 10.8 Å². The maximum Gasteiger partial charge on any atom is 0.333 e.